The molecule has 0 unspecified atom stereocenters. The van der Waals surface area contributed by atoms with Crippen LogP contribution in [0, 0.1) is 11.6 Å². The van der Waals surface area contributed by atoms with Crippen LogP contribution in [0.3, 0.4) is 0 Å². The van der Waals surface area contributed by atoms with Crippen molar-refractivity contribution in [2.24, 2.45) is 0 Å². The van der Waals surface area contributed by atoms with Gasteiger partial charge in [-0.15, -0.1) is 0 Å². The monoisotopic (exact) mass is 216 g/mol. The van der Waals surface area contributed by atoms with Gasteiger partial charge in [-0.25, -0.2) is 8.78 Å². The average molecular weight is 217 g/mol. The normalized spacial score (nSPS) is 15.5. The molecule has 0 amide bonds. The van der Waals surface area contributed by atoms with Crippen LogP contribution in [0.5, 0.6) is 0 Å². The summed E-state index contributed by atoms with van der Waals surface area (Å²) in [4.78, 5) is 11.3. The van der Waals surface area contributed by atoms with Crippen LogP contribution in [0.25, 0.3) is 0 Å². The third-order valence-corrected chi connectivity index (χ3v) is 2.74. The molecular weight excluding hydrogens is 210 g/mol. The number of Topliss-reactive ketones (excluding diaryl/α,β-unsaturated/α-hetero) is 1. The molecule has 0 spiro atoms. The summed E-state index contributed by atoms with van der Waals surface area (Å²) in [5, 5.41) is -0.515. The second-order valence-corrected chi connectivity index (χ2v) is 3.67. The second-order valence-electron chi connectivity index (χ2n) is 3.29. The number of carbonyl (C=O) groups is 1. The number of carbonyl (C=O) groups excluding carboxylic acids is 1. The Morgan fingerprint density at radius 1 is 1.29 bits per heavy atom. The van der Waals surface area contributed by atoms with E-state index in [1.807, 2.05) is 0 Å². The smallest absolute Gasteiger partial charge is 0.163 e. The second kappa shape index (κ2) is 3.31. The molecule has 0 fully saturated rings. The summed E-state index contributed by atoms with van der Waals surface area (Å²) in [6, 6.07) is 1.03. The van der Waals surface area contributed by atoms with Crippen LogP contribution in [0.15, 0.2) is 6.07 Å². The Morgan fingerprint density at radius 3 is 2.71 bits per heavy atom. The maximum atomic E-state index is 13.4. The first kappa shape index (κ1) is 9.59. The van der Waals surface area contributed by atoms with E-state index in [-0.39, 0.29) is 16.9 Å². The first-order chi connectivity index (χ1) is 6.61. The van der Waals surface area contributed by atoms with E-state index < -0.39 is 16.7 Å². The Labute approximate surface area is 84.7 Å². The molecule has 74 valence electrons. The highest BCUT2D eigenvalue weighted by Crippen LogP contribution is 2.30. The van der Waals surface area contributed by atoms with Gasteiger partial charge in [0.1, 0.15) is 16.7 Å². The van der Waals surface area contributed by atoms with Crippen molar-refractivity contribution in [3.05, 3.63) is 33.9 Å². The van der Waals surface area contributed by atoms with Crippen LogP contribution in [0.4, 0.5) is 8.78 Å². The predicted octanol–water partition coefficient (Wildman–Crippen LogP) is 3.14. The van der Waals surface area contributed by atoms with Gasteiger partial charge in [-0.2, -0.15) is 0 Å². The van der Waals surface area contributed by atoms with Gasteiger partial charge in [0.25, 0.3) is 0 Å². The Balaban J connectivity index is 2.69. The van der Waals surface area contributed by atoms with Crippen LogP contribution in [0.1, 0.15) is 28.8 Å². The molecule has 0 aliphatic heterocycles. The minimum absolute atomic E-state index is 0.149. The van der Waals surface area contributed by atoms with E-state index >= 15 is 0 Å². The van der Waals surface area contributed by atoms with Crippen LogP contribution < -0.4 is 0 Å². The number of rotatable bonds is 0. The fourth-order valence-electron chi connectivity index (χ4n) is 1.69. The topological polar surface area (TPSA) is 17.1 Å². The molecule has 0 saturated heterocycles. The molecule has 1 aliphatic rings. The number of fused-ring (bicyclic) bond motifs is 1. The number of ketones is 1. The van der Waals surface area contributed by atoms with Crippen LogP contribution in [-0.4, -0.2) is 5.78 Å². The Bertz CT molecular complexity index is 415. The zero-order valence-corrected chi connectivity index (χ0v) is 8.00. The molecular formula is C10H7ClF2O. The standard InChI is InChI=1S/C10H7ClF2O/c11-9-7(12)4-6-5(10(9)13)2-1-3-8(6)14/h4H,1-3H2. The lowest BCUT2D eigenvalue weighted by atomic mass is 9.90. The summed E-state index contributed by atoms with van der Waals surface area (Å²) in [6.07, 6.45) is 1.41. The van der Waals surface area contributed by atoms with Gasteiger partial charge in [0.2, 0.25) is 0 Å². The lowest BCUT2D eigenvalue weighted by Crippen LogP contribution is -2.13. The summed E-state index contributed by atoms with van der Waals surface area (Å²) in [5.74, 6) is -1.85. The van der Waals surface area contributed by atoms with Crippen molar-refractivity contribution in [3.63, 3.8) is 0 Å². The molecule has 0 atom stereocenters. The van der Waals surface area contributed by atoms with Gasteiger partial charge in [-0.3, -0.25) is 4.79 Å². The first-order valence-corrected chi connectivity index (χ1v) is 4.68. The third-order valence-electron chi connectivity index (χ3n) is 2.39. The molecule has 1 nitrogen and oxygen atoms in total. The van der Waals surface area contributed by atoms with Gasteiger partial charge in [-0.1, -0.05) is 11.6 Å². The van der Waals surface area contributed by atoms with Crippen molar-refractivity contribution in [2.75, 3.05) is 0 Å². The summed E-state index contributed by atoms with van der Waals surface area (Å²) in [5.41, 5.74) is 0.406. The van der Waals surface area contributed by atoms with Crippen molar-refractivity contribution < 1.29 is 13.6 Å². The summed E-state index contributed by atoms with van der Waals surface area (Å²) in [7, 11) is 0. The fraction of sp³-hybridized carbons (Fsp3) is 0.300. The van der Waals surface area contributed by atoms with E-state index in [0.717, 1.165) is 6.07 Å². The van der Waals surface area contributed by atoms with Crippen molar-refractivity contribution in [3.8, 4) is 0 Å². The predicted molar refractivity (Wildman–Crippen MR) is 48.6 cm³/mol. The number of hydrogen-bond donors (Lipinski definition) is 0. The Kier molecular flexibility index (Phi) is 2.27. The average Bonchev–Trinajstić information content (AvgIpc) is 2.17. The van der Waals surface area contributed by atoms with Crippen molar-refractivity contribution in [1.29, 1.82) is 0 Å². The Hall–Kier alpha value is -0.960. The van der Waals surface area contributed by atoms with Crippen molar-refractivity contribution in [2.45, 2.75) is 19.3 Å². The molecule has 14 heavy (non-hydrogen) atoms. The van der Waals surface area contributed by atoms with E-state index in [1.165, 1.54) is 0 Å². The van der Waals surface area contributed by atoms with Crippen LogP contribution in [-0.2, 0) is 6.42 Å². The van der Waals surface area contributed by atoms with Crippen LogP contribution in [0.2, 0.25) is 5.02 Å². The van der Waals surface area contributed by atoms with Crippen molar-refractivity contribution in [1.82, 2.24) is 0 Å². The molecule has 2 rings (SSSR count). The number of halogens is 3. The first-order valence-electron chi connectivity index (χ1n) is 4.31. The SMILES string of the molecule is O=C1CCCc2c1cc(F)c(Cl)c2F. The van der Waals surface area contributed by atoms with Crippen LogP contribution >= 0.6 is 11.6 Å². The highest BCUT2D eigenvalue weighted by Gasteiger charge is 2.24. The molecule has 4 heteroatoms. The van der Waals surface area contributed by atoms with Crippen molar-refractivity contribution >= 4 is 17.4 Å². The van der Waals surface area contributed by atoms with Gasteiger partial charge in [0.15, 0.2) is 5.78 Å². The van der Waals surface area contributed by atoms with Gasteiger partial charge in [-0.05, 0) is 18.9 Å². The zero-order valence-electron chi connectivity index (χ0n) is 7.24. The minimum Gasteiger partial charge on any atom is -0.294 e. The molecule has 1 aromatic rings. The van der Waals surface area contributed by atoms with E-state index in [4.69, 9.17) is 11.6 Å². The fourth-order valence-corrected chi connectivity index (χ4v) is 1.85. The summed E-state index contributed by atoms with van der Waals surface area (Å²) in [6.45, 7) is 0. The molecule has 0 saturated carbocycles. The molecule has 1 aliphatic carbocycles. The maximum Gasteiger partial charge on any atom is 0.163 e. The summed E-state index contributed by atoms with van der Waals surface area (Å²) < 4.78 is 26.4. The molecule has 0 N–H and O–H groups in total. The highest BCUT2D eigenvalue weighted by atomic mass is 35.5. The van der Waals surface area contributed by atoms with Gasteiger partial charge in [0, 0.05) is 17.5 Å². The molecule has 0 bridgehead atoms. The van der Waals surface area contributed by atoms with E-state index in [1.54, 1.807) is 0 Å². The molecule has 0 radical (unpaired) electrons. The quantitative estimate of drug-likeness (QED) is 0.609. The molecule has 0 aromatic heterocycles. The van der Waals surface area contributed by atoms with E-state index in [9.17, 15) is 13.6 Å². The molecule has 0 heterocycles. The number of hydrogen-bond acceptors (Lipinski definition) is 1. The molecule has 1 aromatic carbocycles. The number of benzene rings is 1. The largest absolute Gasteiger partial charge is 0.294 e. The minimum atomic E-state index is -0.863. The summed E-state index contributed by atoms with van der Waals surface area (Å²) >= 11 is 5.40. The third kappa shape index (κ3) is 1.32. The van der Waals surface area contributed by atoms with E-state index in [2.05, 4.69) is 0 Å². The zero-order chi connectivity index (χ0) is 10.3. The lowest BCUT2D eigenvalue weighted by molar-refractivity contribution is 0.0971. The van der Waals surface area contributed by atoms with E-state index in [0.29, 0.717) is 19.3 Å². The lowest BCUT2D eigenvalue weighted by Gasteiger charge is -2.15. The van der Waals surface area contributed by atoms with Gasteiger partial charge < -0.3 is 0 Å². The van der Waals surface area contributed by atoms with Gasteiger partial charge in [0.05, 0.1) is 0 Å². The maximum absolute atomic E-state index is 13.4. The highest BCUT2D eigenvalue weighted by molar-refractivity contribution is 6.31. The van der Waals surface area contributed by atoms with Gasteiger partial charge >= 0.3 is 0 Å². The Morgan fingerprint density at radius 2 is 2.00 bits per heavy atom.